The Labute approximate surface area is 151 Å². The Kier molecular flexibility index (Phi) is 4.32. The van der Waals surface area contributed by atoms with E-state index >= 15 is 0 Å². The Bertz CT molecular complexity index is 875. The number of methoxy groups -OCH3 is 1. The van der Waals surface area contributed by atoms with Crippen LogP contribution in [0.15, 0.2) is 48.5 Å². The number of carbonyl (C=O) groups excluding carboxylic acids is 4. The molecule has 0 heterocycles. The van der Waals surface area contributed by atoms with Crippen molar-refractivity contribution < 1.29 is 23.9 Å². The zero-order valence-electron chi connectivity index (χ0n) is 14.7. The van der Waals surface area contributed by atoms with E-state index in [-0.39, 0.29) is 11.1 Å². The van der Waals surface area contributed by atoms with E-state index in [1.807, 2.05) is 0 Å². The van der Waals surface area contributed by atoms with Crippen LogP contribution in [0.1, 0.15) is 40.1 Å². The Morgan fingerprint density at radius 1 is 0.846 bits per heavy atom. The van der Waals surface area contributed by atoms with Crippen molar-refractivity contribution in [2.24, 2.45) is 5.92 Å². The summed E-state index contributed by atoms with van der Waals surface area (Å²) in [5.74, 6) is -2.90. The van der Waals surface area contributed by atoms with E-state index < -0.39 is 34.5 Å². The highest BCUT2D eigenvalue weighted by Gasteiger charge is 2.58. The Morgan fingerprint density at radius 3 is 1.69 bits per heavy atom. The molecule has 132 valence electrons. The number of benzene rings is 2. The molecule has 0 amide bonds. The maximum Gasteiger partial charge on any atom is 0.176 e. The summed E-state index contributed by atoms with van der Waals surface area (Å²) < 4.78 is 5.12. The number of ether oxygens (including phenoxy) is 1. The van der Waals surface area contributed by atoms with Crippen LogP contribution < -0.4 is 4.74 Å². The average molecular weight is 350 g/mol. The van der Waals surface area contributed by atoms with Crippen molar-refractivity contribution in [3.63, 3.8) is 0 Å². The first-order chi connectivity index (χ1) is 12.4. The van der Waals surface area contributed by atoms with E-state index in [1.165, 1.54) is 21.0 Å². The fourth-order valence-corrected chi connectivity index (χ4v) is 3.82. The van der Waals surface area contributed by atoms with Crippen molar-refractivity contribution in [3.8, 4) is 5.75 Å². The second kappa shape index (κ2) is 6.33. The number of Topliss-reactive ketones (excluding diaryl/α,β-unsaturated/α-hetero) is 4. The van der Waals surface area contributed by atoms with E-state index in [2.05, 4.69) is 0 Å². The fraction of sp³-hybridized carbons (Fsp3) is 0.238. The lowest BCUT2D eigenvalue weighted by molar-refractivity contribution is -0.134. The summed E-state index contributed by atoms with van der Waals surface area (Å²) in [6.45, 7) is 2.49. The summed E-state index contributed by atoms with van der Waals surface area (Å²) in [4.78, 5) is 51.5. The lowest BCUT2D eigenvalue weighted by Gasteiger charge is -2.33. The summed E-state index contributed by atoms with van der Waals surface area (Å²) in [6, 6.07) is 12.7. The summed E-state index contributed by atoms with van der Waals surface area (Å²) >= 11 is 0. The quantitative estimate of drug-likeness (QED) is 0.775. The van der Waals surface area contributed by atoms with Crippen LogP contribution >= 0.6 is 0 Å². The minimum Gasteiger partial charge on any atom is -0.497 e. The topological polar surface area (TPSA) is 77.5 Å². The minimum atomic E-state index is -1.85. The molecule has 0 atom stereocenters. The van der Waals surface area contributed by atoms with Gasteiger partial charge in [0.1, 0.15) is 28.6 Å². The van der Waals surface area contributed by atoms with Crippen LogP contribution in [0.2, 0.25) is 0 Å². The van der Waals surface area contributed by atoms with Gasteiger partial charge in [-0.25, -0.2) is 0 Å². The Morgan fingerprint density at radius 2 is 1.31 bits per heavy atom. The summed E-state index contributed by atoms with van der Waals surface area (Å²) in [5.41, 5.74) is -1.03. The SMILES string of the molecule is COc1ccc(C(C(C)=O)(C(C)=O)C2C(=O)c3ccccc3C2=O)cc1. The lowest BCUT2D eigenvalue weighted by atomic mass is 9.63. The summed E-state index contributed by atoms with van der Waals surface area (Å²) in [6.07, 6.45) is 0. The summed E-state index contributed by atoms with van der Waals surface area (Å²) in [5, 5.41) is 0. The molecular weight excluding hydrogens is 332 g/mol. The van der Waals surface area contributed by atoms with Crippen LogP contribution in [0, 0.1) is 5.92 Å². The first-order valence-corrected chi connectivity index (χ1v) is 8.19. The zero-order valence-corrected chi connectivity index (χ0v) is 14.7. The van der Waals surface area contributed by atoms with E-state index in [0.29, 0.717) is 11.3 Å². The predicted molar refractivity (Wildman–Crippen MR) is 94.6 cm³/mol. The second-order valence-corrected chi connectivity index (χ2v) is 6.36. The second-order valence-electron chi connectivity index (χ2n) is 6.36. The van der Waals surface area contributed by atoms with E-state index in [4.69, 9.17) is 4.74 Å². The molecule has 2 aromatic rings. The monoisotopic (exact) mass is 350 g/mol. The smallest absolute Gasteiger partial charge is 0.176 e. The van der Waals surface area contributed by atoms with Gasteiger partial charge in [0.05, 0.1) is 7.11 Å². The molecule has 5 nitrogen and oxygen atoms in total. The van der Waals surface area contributed by atoms with E-state index in [9.17, 15) is 19.2 Å². The fourth-order valence-electron chi connectivity index (χ4n) is 3.82. The van der Waals surface area contributed by atoms with Gasteiger partial charge in [-0.3, -0.25) is 19.2 Å². The van der Waals surface area contributed by atoms with Gasteiger partial charge in [0, 0.05) is 11.1 Å². The highest BCUT2D eigenvalue weighted by Crippen LogP contribution is 2.43. The molecule has 0 aromatic heterocycles. The molecule has 0 saturated carbocycles. The predicted octanol–water partition coefficient (Wildman–Crippen LogP) is 2.81. The third-order valence-electron chi connectivity index (χ3n) is 5.07. The molecule has 0 aliphatic heterocycles. The van der Waals surface area contributed by atoms with Crippen molar-refractivity contribution in [1.29, 1.82) is 0 Å². The van der Waals surface area contributed by atoms with Gasteiger partial charge >= 0.3 is 0 Å². The Hall–Kier alpha value is -3.08. The van der Waals surface area contributed by atoms with Gasteiger partial charge in [-0.15, -0.1) is 0 Å². The number of rotatable bonds is 5. The van der Waals surface area contributed by atoms with Crippen LogP contribution in [0.5, 0.6) is 5.75 Å². The van der Waals surface area contributed by atoms with Gasteiger partial charge in [0.25, 0.3) is 0 Å². The van der Waals surface area contributed by atoms with Gasteiger partial charge in [-0.1, -0.05) is 36.4 Å². The molecule has 5 heteroatoms. The van der Waals surface area contributed by atoms with Crippen molar-refractivity contribution in [1.82, 2.24) is 0 Å². The van der Waals surface area contributed by atoms with Crippen molar-refractivity contribution in [3.05, 3.63) is 65.2 Å². The molecule has 1 aliphatic rings. The van der Waals surface area contributed by atoms with Gasteiger partial charge < -0.3 is 4.74 Å². The average Bonchev–Trinajstić information content (AvgIpc) is 2.88. The van der Waals surface area contributed by atoms with Crippen LogP contribution in [0.4, 0.5) is 0 Å². The molecule has 0 fully saturated rings. The normalized spacial score (nSPS) is 14.3. The van der Waals surface area contributed by atoms with Gasteiger partial charge in [0.2, 0.25) is 0 Å². The first kappa shape index (κ1) is 17.7. The molecule has 2 aromatic carbocycles. The molecule has 26 heavy (non-hydrogen) atoms. The highest BCUT2D eigenvalue weighted by molar-refractivity contribution is 6.32. The van der Waals surface area contributed by atoms with Crippen molar-refractivity contribution >= 4 is 23.1 Å². The lowest BCUT2D eigenvalue weighted by Crippen LogP contribution is -2.52. The Balaban J connectivity index is 2.26. The maximum atomic E-state index is 13.0. The molecule has 1 aliphatic carbocycles. The van der Waals surface area contributed by atoms with Crippen molar-refractivity contribution in [2.45, 2.75) is 19.3 Å². The van der Waals surface area contributed by atoms with Gasteiger partial charge in [0.15, 0.2) is 11.6 Å². The largest absolute Gasteiger partial charge is 0.497 e. The number of hydrogen-bond donors (Lipinski definition) is 0. The van der Waals surface area contributed by atoms with Crippen LogP contribution in [-0.4, -0.2) is 30.2 Å². The van der Waals surface area contributed by atoms with Crippen LogP contribution in [-0.2, 0) is 15.0 Å². The van der Waals surface area contributed by atoms with Crippen LogP contribution in [0.3, 0.4) is 0 Å². The van der Waals surface area contributed by atoms with E-state index in [1.54, 1.807) is 48.5 Å². The third-order valence-corrected chi connectivity index (χ3v) is 5.07. The summed E-state index contributed by atoms with van der Waals surface area (Å²) in [7, 11) is 1.50. The number of carbonyl (C=O) groups is 4. The first-order valence-electron chi connectivity index (χ1n) is 8.19. The molecular formula is C21H18O5. The third kappa shape index (κ3) is 2.31. The molecule has 0 bridgehead atoms. The number of fused-ring (bicyclic) bond motifs is 1. The molecule has 0 spiro atoms. The highest BCUT2D eigenvalue weighted by atomic mass is 16.5. The molecule has 0 unspecified atom stereocenters. The molecule has 3 rings (SSSR count). The zero-order chi connectivity index (χ0) is 19.1. The maximum absolute atomic E-state index is 13.0. The van der Waals surface area contributed by atoms with Crippen LogP contribution in [0.25, 0.3) is 0 Å². The molecule has 0 radical (unpaired) electrons. The molecule has 0 saturated heterocycles. The number of hydrogen-bond acceptors (Lipinski definition) is 5. The van der Waals surface area contributed by atoms with Gasteiger partial charge in [-0.2, -0.15) is 0 Å². The number of ketones is 4. The van der Waals surface area contributed by atoms with E-state index in [0.717, 1.165) is 0 Å². The standard InChI is InChI=1S/C21H18O5/c1-12(22)21(13(2)23,14-8-10-15(26-3)11-9-14)18-19(24)16-6-4-5-7-17(16)20(18)25/h4-11,18H,1-3H3. The van der Waals surface area contributed by atoms with Gasteiger partial charge in [-0.05, 0) is 31.5 Å². The molecule has 0 N–H and O–H groups in total. The minimum absolute atomic E-state index is 0.253. The van der Waals surface area contributed by atoms with Crippen molar-refractivity contribution in [2.75, 3.05) is 7.11 Å².